The second kappa shape index (κ2) is 14.7. The third-order valence-corrected chi connectivity index (χ3v) is 7.28. The van der Waals surface area contributed by atoms with Crippen LogP contribution in [0.4, 0.5) is 11.4 Å². The number of nitrogens with two attached hydrogens (primary N) is 2. The van der Waals surface area contributed by atoms with Gasteiger partial charge in [-0.25, -0.2) is 0 Å². The summed E-state index contributed by atoms with van der Waals surface area (Å²) in [4.78, 5) is 53.6. The van der Waals surface area contributed by atoms with Crippen molar-refractivity contribution in [1.82, 2.24) is 20.1 Å². The van der Waals surface area contributed by atoms with Crippen LogP contribution in [0.2, 0.25) is 0 Å². The Balaban J connectivity index is 1.36. The maximum absolute atomic E-state index is 13.3. The van der Waals surface area contributed by atoms with E-state index < -0.39 is 29.4 Å². The minimum atomic E-state index is -1.22. The van der Waals surface area contributed by atoms with Crippen molar-refractivity contribution in [3.05, 3.63) is 84.2 Å². The number of carbonyl (C=O) groups is 4. The molecule has 0 unspecified atom stereocenters. The van der Waals surface area contributed by atoms with E-state index in [1.165, 1.54) is 20.0 Å². The quantitative estimate of drug-likeness (QED) is 0.198. The van der Waals surface area contributed by atoms with Gasteiger partial charge in [0, 0.05) is 25.5 Å². The maximum Gasteiger partial charge on any atom is 0.249 e. The number of hydrogen-bond donors (Lipinski definition) is 5. The summed E-state index contributed by atoms with van der Waals surface area (Å²) >= 11 is 0. The molecule has 3 aromatic rings. The lowest BCUT2D eigenvalue weighted by Gasteiger charge is -2.24. The first-order valence-corrected chi connectivity index (χ1v) is 14.6. The van der Waals surface area contributed by atoms with Crippen LogP contribution in [0.1, 0.15) is 37.8 Å². The van der Waals surface area contributed by atoms with Crippen LogP contribution in [0, 0.1) is 0 Å². The number of anilines is 2. The van der Waals surface area contributed by atoms with Gasteiger partial charge in [-0.1, -0.05) is 60.7 Å². The SMILES string of the molecule is CC(C)(N)C(=O)N[C@H](COCc1ccccc1)C(=O)Nc1cn(CC(=O)N2CCC[C@@H]2C(=O)NCc2ccccc2)cc1N. The number of ether oxygens (including phenoxy) is 1. The van der Waals surface area contributed by atoms with Crippen LogP contribution in [-0.2, 0) is 43.6 Å². The van der Waals surface area contributed by atoms with Crippen LogP contribution in [0.15, 0.2) is 73.1 Å². The number of nitrogens with one attached hydrogen (secondary N) is 3. The summed E-state index contributed by atoms with van der Waals surface area (Å²) in [5, 5.41) is 8.30. The van der Waals surface area contributed by atoms with Crippen LogP contribution in [-0.4, -0.2) is 63.9 Å². The summed E-state index contributed by atoms with van der Waals surface area (Å²) in [6.07, 6.45) is 4.39. The normalized spacial score (nSPS) is 15.4. The van der Waals surface area contributed by atoms with Crippen LogP contribution < -0.4 is 27.4 Å². The van der Waals surface area contributed by atoms with E-state index in [1.807, 2.05) is 60.7 Å². The van der Waals surface area contributed by atoms with E-state index in [-0.39, 0.29) is 42.9 Å². The number of likely N-dealkylation sites (tertiary alicyclic amines) is 1. The average molecular weight is 604 g/mol. The monoisotopic (exact) mass is 603 g/mol. The van der Waals surface area contributed by atoms with Crippen molar-refractivity contribution in [2.24, 2.45) is 5.73 Å². The number of hydrogen-bond acceptors (Lipinski definition) is 7. The largest absolute Gasteiger partial charge is 0.396 e. The van der Waals surface area contributed by atoms with Crippen LogP contribution in [0.25, 0.3) is 0 Å². The predicted molar refractivity (Wildman–Crippen MR) is 167 cm³/mol. The van der Waals surface area contributed by atoms with E-state index in [9.17, 15) is 19.2 Å². The Kier molecular flexibility index (Phi) is 10.7. The Morgan fingerprint density at radius 1 is 1.00 bits per heavy atom. The van der Waals surface area contributed by atoms with E-state index in [0.717, 1.165) is 17.5 Å². The highest BCUT2D eigenvalue weighted by Crippen LogP contribution is 2.22. The van der Waals surface area contributed by atoms with Gasteiger partial charge in [0.05, 0.1) is 30.1 Å². The van der Waals surface area contributed by atoms with Crippen molar-refractivity contribution >= 4 is 35.0 Å². The van der Waals surface area contributed by atoms with Gasteiger partial charge in [0.1, 0.15) is 18.6 Å². The number of aromatic nitrogens is 1. The first-order valence-electron chi connectivity index (χ1n) is 14.6. The number of nitrogens with zero attached hydrogens (tertiary/aromatic N) is 2. The Hall–Kier alpha value is -4.68. The van der Waals surface area contributed by atoms with Crippen molar-refractivity contribution in [1.29, 1.82) is 0 Å². The summed E-state index contributed by atoms with van der Waals surface area (Å²) in [6.45, 7) is 4.01. The highest BCUT2D eigenvalue weighted by molar-refractivity contribution is 6.00. The molecular formula is C32H41N7O5. The second-order valence-corrected chi connectivity index (χ2v) is 11.5. The lowest BCUT2D eigenvalue weighted by molar-refractivity contribution is -0.138. The molecule has 0 radical (unpaired) electrons. The van der Waals surface area contributed by atoms with Crippen molar-refractivity contribution in [2.45, 2.75) is 64.0 Å². The van der Waals surface area contributed by atoms with Gasteiger partial charge < -0.3 is 41.6 Å². The van der Waals surface area contributed by atoms with Gasteiger partial charge in [-0.15, -0.1) is 0 Å². The first kappa shape index (κ1) is 32.2. The molecule has 44 heavy (non-hydrogen) atoms. The molecule has 12 nitrogen and oxygen atoms in total. The van der Waals surface area contributed by atoms with Gasteiger partial charge in [-0.2, -0.15) is 0 Å². The molecule has 1 aromatic heterocycles. The molecule has 2 aromatic carbocycles. The third-order valence-electron chi connectivity index (χ3n) is 7.28. The number of benzene rings is 2. The zero-order chi connectivity index (χ0) is 31.7. The first-order chi connectivity index (χ1) is 21.0. The molecule has 12 heteroatoms. The molecule has 4 rings (SSSR count). The Bertz CT molecular complexity index is 1440. The molecule has 2 atom stereocenters. The number of nitrogen functional groups attached to an aromatic ring is 1. The van der Waals surface area contributed by atoms with Crippen molar-refractivity contribution in [3.8, 4) is 0 Å². The van der Waals surface area contributed by atoms with E-state index in [2.05, 4.69) is 16.0 Å². The highest BCUT2D eigenvalue weighted by Gasteiger charge is 2.34. The molecule has 0 spiro atoms. The summed E-state index contributed by atoms with van der Waals surface area (Å²) in [6, 6.07) is 17.4. The summed E-state index contributed by atoms with van der Waals surface area (Å²) in [5.41, 5.74) is 13.3. The van der Waals surface area contributed by atoms with Crippen LogP contribution in [0.3, 0.4) is 0 Å². The Morgan fingerprint density at radius 3 is 2.32 bits per heavy atom. The fourth-order valence-electron chi connectivity index (χ4n) is 4.83. The molecule has 0 saturated carbocycles. The number of rotatable bonds is 13. The summed E-state index contributed by atoms with van der Waals surface area (Å²) in [5.74, 6) is -1.51. The molecule has 1 fully saturated rings. The molecule has 7 N–H and O–H groups in total. The van der Waals surface area contributed by atoms with E-state index in [1.54, 1.807) is 15.7 Å². The standard InChI is InChI=1S/C32H41N7O5/c1-32(2,34)31(43)37-26(21-44-20-23-12-7-4-8-13-23)29(41)36-25-18-38(17-24(25)33)19-28(40)39-15-9-14-27(39)30(42)35-16-22-10-5-3-6-11-22/h3-8,10-13,17-18,26-27H,9,14-16,19-21,33-34H2,1-2H3,(H,35,42)(H,36,41)(H,37,43)/t26-,27-/m1/s1. The predicted octanol–water partition coefficient (Wildman–Crippen LogP) is 1.76. The molecule has 1 aliphatic heterocycles. The molecule has 1 aliphatic rings. The van der Waals surface area contributed by atoms with Crippen molar-refractivity contribution in [2.75, 3.05) is 24.2 Å². The second-order valence-electron chi connectivity index (χ2n) is 11.5. The number of carbonyl (C=O) groups excluding carboxylic acids is 4. The highest BCUT2D eigenvalue weighted by atomic mass is 16.5. The minimum Gasteiger partial charge on any atom is -0.396 e. The Labute approximate surface area is 257 Å². The lowest BCUT2D eigenvalue weighted by Crippen LogP contribution is -2.56. The smallest absolute Gasteiger partial charge is 0.249 e. The zero-order valence-corrected chi connectivity index (χ0v) is 25.1. The molecule has 4 amide bonds. The minimum absolute atomic E-state index is 0.0652. The average Bonchev–Trinajstić information content (AvgIpc) is 3.62. The van der Waals surface area contributed by atoms with E-state index in [4.69, 9.17) is 16.2 Å². The molecule has 2 heterocycles. The summed E-state index contributed by atoms with van der Waals surface area (Å²) in [7, 11) is 0. The summed E-state index contributed by atoms with van der Waals surface area (Å²) < 4.78 is 7.30. The van der Waals surface area contributed by atoms with Crippen LogP contribution in [0.5, 0.6) is 0 Å². The van der Waals surface area contributed by atoms with Crippen molar-refractivity contribution < 1.29 is 23.9 Å². The lowest BCUT2D eigenvalue weighted by atomic mass is 10.1. The molecule has 0 aliphatic carbocycles. The zero-order valence-electron chi connectivity index (χ0n) is 25.1. The van der Waals surface area contributed by atoms with Gasteiger partial charge in [0.25, 0.3) is 0 Å². The van der Waals surface area contributed by atoms with Gasteiger partial charge in [0.2, 0.25) is 23.6 Å². The fourth-order valence-corrected chi connectivity index (χ4v) is 4.83. The van der Waals surface area contributed by atoms with E-state index >= 15 is 0 Å². The van der Waals surface area contributed by atoms with Gasteiger partial charge in [-0.3, -0.25) is 19.2 Å². The molecular weight excluding hydrogens is 562 g/mol. The Morgan fingerprint density at radius 2 is 1.66 bits per heavy atom. The third kappa shape index (κ3) is 8.91. The van der Waals surface area contributed by atoms with Gasteiger partial charge in [0.15, 0.2) is 0 Å². The van der Waals surface area contributed by atoms with Gasteiger partial charge in [-0.05, 0) is 37.8 Å². The fraction of sp³-hybridized carbons (Fsp3) is 0.375. The van der Waals surface area contributed by atoms with Crippen LogP contribution >= 0.6 is 0 Å². The molecule has 0 bridgehead atoms. The van der Waals surface area contributed by atoms with Gasteiger partial charge >= 0.3 is 0 Å². The van der Waals surface area contributed by atoms with E-state index in [0.29, 0.717) is 19.5 Å². The molecule has 234 valence electrons. The van der Waals surface area contributed by atoms with Crippen molar-refractivity contribution in [3.63, 3.8) is 0 Å². The topological polar surface area (TPSA) is 174 Å². The maximum atomic E-state index is 13.3. The molecule has 1 saturated heterocycles. The number of amides is 4.